The Labute approximate surface area is 167 Å². The van der Waals surface area contributed by atoms with Gasteiger partial charge in [-0.15, -0.1) is 0 Å². The van der Waals surface area contributed by atoms with Crippen LogP contribution in [0.15, 0.2) is 16.9 Å². The lowest BCUT2D eigenvalue weighted by Gasteiger charge is -2.47. The van der Waals surface area contributed by atoms with Crippen molar-refractivity contribution in [2.24, 2.45) is 11.8 Å². The Bertz CT molecular complexity index is 799. The zero-order valence-corrected chi connectivity index (χ0v) is 17.6. The van der Waals surface area contributed by atoms with Crippen molar-refractivity contribution in [1.29, 1.82) is 0 Å². The molecule has 1 aromatic rings. The van der Waals surface area contributed by atoms with Crippen LogP contribution < -0.4 is 5.56 Å². The van der Waals surface area contributed by atoms with E-state index in [2.05, 4.69) is 18.7 Å². The van der Waals surface area contributed by atoms with Gasteiger partial charge in [-0.1, -0.05) is 13.8 Å². The molecule has 2 saturated heterocycles. The summed E-state index contributed by atoms with van der Waals surface area (Å²) < 4.78 is 1.65. The van der Waals surface area contributed by atoms with E-state index in [1.54, 1.807) is 10.6 Å². The van der Waals surface area contributed by atoms with Gasteiger partial charge in [-0.05, 0) is 57.1 Å². The number of hydrogen-bond acceptors (Lipinski definition) is 3. The van der Waals surface area contributed by atoms with Crippen LogP contribution in [0.2, 0.25) is 0 Å². The number of rotatable bonds is 5. The molecule has 2 aliphatic rings. The summed E-state index contributed by atoms with van der Waals surface area (Å²) in [6, 6.07) is 3.74. The van der Waals surface area contributed by atoms with Gasteiger partial charge in [-0.2, -0.15) is 0 Å². The third-order valence-corrected chi connectivity index (χ3v) is 6.32. The first-order valence-corrected chi connectivity index (χ1v) is 10.6. The van der Waals surface area contributed by atoms with Crippen molar-refractivity contribution in [2.75, 3.05) is 19.6 Å². The number of nitrogens with zero attached hydrogens (tertiary/aromatic N) is 3. The lowest BCUT2D eigenvalue weighted by atomic mass is 9.83. The molecule has 2 aliphatic heterocycles. The average molecular weight is 388 g/mol. The normalized spacial score (nSPS) is 22.5. The Hall–Kier alpha value is -2.11. The maximum Gasteiger partial charge on any atom is 0.263 e. The van der Waals surface area contributed by atoms with Crippen molar-refractivity contribution >= 4 is 11.8 Å². The molecule has 2 fully saturated rings. The molecule has 3 heterocycles. The third kappa shape index (κ3) is 4.01. The predicted molar refractivity (Wildman–Crippen MR) is 109 cm³/mol. The van der Waals surface area contributed by atoms with Crippen molar-refractivity contribution in [3.05, 3.63) is 33.7 Å². The Morgan fingerprint density at radius 3 is 2.64 bits per heavy atom. The summed E-state index contributed by atoms with van der Waals surface area (Å²) in [5, 5.41) is 0. The summed E-state index contributed by atoms with van der Waals surface area (Å²) in [5.41, 5.74) is 0.927. The number of aryl methyl sites for hydroxylation is 1. The van der Waals surface area contributed by atoms with Gasteiger partial charge in [0.2, 0.25) is 5.91 Å². The molecular formula is C22H33N3O3. The van der Waals surface area contributed by atoms with Crippen molar-refractivity contribution < 1.29 is 9.59 Å². The lowest BCUT2D eigenvalue weighted by molar-refractivity contribution is -0.140. The molecule has 154 valence electrons. The number of likely N-dealkylation sites (tertiary alicyclic amines) is 2. The molecule has 2 amide bonds. The standard InChI is InChI=1S/C22H33N3O3/c1-5-24-16(4)6-8-18(22(24)28)21(27)23-12-11-19-17(14-23)7-9-20(26)25(19)13-10-15(2)3/h6,8,15,17,19H,5,7,9-14H2,1-4H3/t17-,19+/m0/s1. The van der Waals surface area contributed by atoms with Gasteiger partial charge in [-0.3, -0.25) is 14.4 Å². The van der Waals surface area contributed by atoms with Crippen molar-refractivity contribution in [1.82, 2.24) is 14.4 Å². The number of piperidine rings is 2. The summed E-state index contributed by atoms with van der Waals surface area (Å²) in [5.74, 6) is 0.959. The van der Waals surface area contributed by atoms with Crippen LogP contribution in [0.3, 0.4) is 0 Å². The molecule has 0 spiro atoms. The van der Waals surface area contributed by atoms with Gasteiger partial charge in [0.05, 0.1) is 0 Å². The van der Waals surface area contributed by atoms with Gasteiger partial charge in [0.15, 0.2) is 0 Å². The quantitative estimate of drug-likeness (QED) is 0.780. The molecule has 28 heavy (non-hydrogen) atoms. The van der Waals surface area contributed by atoms with Gasteiger partial charge in [0.1, 0.15) is 5.56 Å². The second-order valence-corrected chi connectivity index (χ2v) is 8.61. The summed E-state index contributed by atoms with van der Waals surface area (Å²) in [4.78, 5) is 42.1. The third-order valence-electron chi connectivity index (χ3n) is 6.32. The van der Waals surface area contributed by atoms with Gasteiger partial charge in [-0.25, -0.2) is 0 Å². The molecule has 1 aromatic heterocycles. The fourth-order valence-electron chi connectivity index (χ4n) is 4.62. The maximum atomic E-state index is 13.1. The minimum Gasteiger partial charge on any atom is -0.339 e. The second kappa shape index (κ2) is 8.50. The molecular weight excluding hydrogens is 354 g/mol. The molecule has 0 aromatic carbocycles. The largest absolute Gasteiger partial charge is 0.339 e. The van der Waals surface area contributed by atoms with Gasteiger partial charge in [0, 0.05) is 44.3 Å². The SMILES string of the molecule is CCn1c(C)ccc(C(=O)N2CC[C@@H]3[C@@H](CCC(=O)N3CCC(C)C)C2)c1=O. The van der Waals surface area contributed by atoms with Crippen molar-refractivity contribution in [3.63, 3.8) is 0 Å². The first kappa shape index (κ1) is 20.6. The average Bonchev–Trinajstić information content (AvgIpc) is 2.66. The van der Waals surface area contributed by atoms with E-state index >= 15 is 0 Å². The van der Waals surface area contributed by atoms with E-state index in [1.165, 1.54) is 0 Å². The smallest absolute Gasteiger partial charge is 0.263 e. The van der Waals surface area contributed by atoms with Crippen LogP contribution in [0, 0.1) is 18.8 Å². The summed E-state index contributed by atoms with van der Waals surface area (Å²) in [6.45, 7) is 10.8. The molecule has 3 rings (SSSR count). The minimum absolute atomic E-state index is 0.170. The van der Waals surface area contributed by atoms with E-state index in [0.717, 1.165) is 31.5 Å². The van der Waals surface area contributed by atoms with Crippen LogP contribution >= 0.6 is 0 Å². The minimum atomic E-state index is -0.202. The van der Waals surface area contributed by atoms with Gasteiger partial charge < -0.3 is 14.4 Å². The predicted octanol–water partition coefficient (Wildman–Crippen LogP) is 2.68. The van der Waals surface area contributed by atoms with Crippen LogP contribution in [0.5, 0.6) is 0 Å². The monoisotopic (exact) mass is 387 g/mol. The van der Waals surface area contributed by atoms with Crippen LogP contribution in [0.25, 0.3) is 0 Å². The van der Waals surface area contributed by atoms with E-state index in [1.807, 2.05) is 24.8 Å². The second-order valence-electron chi connectivity index (χ2n) is 8.61. The molecule has 0 aliphatic carbocycles. The zero-order chi connectivity index (χ0) is 20.4. The van der Waals surface area contributed by atoms with E-state index in [4.69, 9.17) is 0 Å². The highest BCUT2D eigenvalue weighted by molar-refractivity contribution is 5.94. The Balaban J connectivity index is 1.74. The van der Waals surface area contributed by atoms with Gasteiger partial charge in [0.25, 0.3) is 11.5 Å². The number of aromatic nitrogens is 1. The van der Waals surface area contributed by atoms with Crippen LogP contribution in [0.4, 0.5) is 0 Å². The maximum absolute atomic E-state index is 13.1. The number of amides is 2. The fourth-order valence-corrected chi connectivity index (χ4v) is 4.62. The first-order valence-electron chi connectivity index (χ1n) is 10.6. The molecule has 0 N–H and O–H groups in total. The fraction of sp³-hybridized carbons (Fsp3) is 0.682. The molecule has 0 unspecified atom stereocenters. The number of carbonyl (C=O) groups excluding carboxylic acids is 2. The van der Waals surface area contributed by atoms with Crippen LogP contribution in [0.1, 0.15) is 62.5 Å². The van der Waals surface area contributed by atoms with E-state index in [0.29, 0.717) is 37.9 Å². The van der Waals surface area contributed by atoms with E-state index < -0.39 is 0 Å². The number of fused-ring (bicyclic) bond motifs is 1. The highest BCUT2D eigenvalue weighted by Crippen LogP contribution is 2.32. The molecule has 6 nitrogen and oxygen atoms in total. The zero-order valence-electron chi connectivity index (χ0n) is 17.6. The molecule has 0 radical (unpaired) electrons. The highest BCUT2D eigenvalue weighted by atomic mass is 16.2. The van der Waals surface area contributed by atoms with Gasteiger partial charge >= 0.3 is 0 Å². The Morgan fingerprint density at radius 1 is 1.21 bits per heavy atom. The molecule has 2 atom stereocenters. The van der Waals surface area contributed by atoms with Crippen LogP contribution in [-0.2, 0) is 11.3 Å². The molecule has 6 heteroatoms. The summed E-state index contributed by atoms with van der Waals surface area (Å²) >= 11 is 0. The van der Waals surface area contributed by atoms with E-state index in [9.17, 15) is 14.4 Å². The number of hydrogen-bond donors (Lipinski definition) is 0. The Kier molecular flexibility index (Phi) is 6.26. The Morgan fingerprint density at radius 2 is 1.96 bits per heavy atom. The summed E-state index contributed by atoms with van der Waals surface area (Å²) in [6.07, 6.45) is 3.21. The van der Waals surface area contributed by atoms with Crippen molar-refractivity contribution in [3.8, 4) is 0 Å². The highest BCUT2D eigenvalue weighted by Gasteiger charge is 2.40. The van der Waals surface area contributed by atoms with Crippen LogP contribution in [-0.4, -0.2) is 51.9 Å². The number of pyridine rings is 1. The molecule has 0 saturated carbocycles. The summed E-state index contributed by atoms with van der Waals surface area (Å²) in [7, 11) is 0. The first-order chi connectivity index (χ1) is 13.3. The lowest BCUT2D eigenvalue weighted by Crippen LogP contribution is -2.57. The molecule has 0 bridgehead atoms. The number of carbonyl (C=O) groups is 2. The topological polar surface area (TPSA) is 62.6 Å². The van der Waals surface area contributed by atoms with Crippen molar-refractivity contribution in [2.45, 2.75) is 66.0 Å². The van der Waals surface area contributed by atoms with E-state index in [-0.39, 0.29) is 29.0 Å².